The number of halogens is 1. The molecule has 166 valence electrons. The predicted octanol–water partition coefficient (Wildman–Crippen LogP) is 4.32. The smallest absolute Gasteiger partial charge is 0.244 e. The number of benzene rings is 2. The van der Waals surface area contributed by atoms with E-state index in [1.807, 2.05) is 60.9 Å². The highest BCUT2D eigenvalue weighted by molar-refractivity contribution is 7.99. The molecule has 32 heavy (non-hydrogen) atoms. The molecule has 3 rings (SSSR count). The molecule has 2 aromatic carbocycles. The van der Waals surface area contributed by atoms with Gasteiger partial charge >= 0.3 is 0 Å². The number of hydrogen-bond acceptors (Lipinski definition) is 5. The van der Waals surface area contributed by atoms with E-state index in [1.54, 1.807) is 12.1 Å². The van der Waals surface area contributed by atoms with Crippen molar-refractivity contribution in [3.05, 3.63) is 76.6 Å². The Morgan fingerprint density at radius 3 is 2.59 bits per heavy atom. The monoisotopic (exact) mass is 469 g/mol. The summed E-state index contributed by atoms with van der Waals surface area (Å²) >= 11 is 7.39. The molecule has 7 nitrogen and oxygen atoms in total. The summed E-state index contributed by atoms with van der Waals surface area (Å²) in [6.07, 6.45) is 3.09. The number of anilines is 1. The van der Waals surface area contributed by atoms with Gasteiger partial charge in [-0.3, -0.25) is 9.59 Å². The van der Waals surface area contributed by atoms with Crippen molar-refractivity contribution in [2.24, 2.45) is 0 Å². The second kappa shape index (κ2) is 11.5. The third-order valence-electron chi connectivity index (χ3n) is 4.52. The van der Waals surface area contributed by atoms with Gasteiger partial charge in [-0.1, -0.05) is 59.3 Å². The number of rotatable bonds is 9. The normalized spacial score (nSPS) is 11.0. The van der Waals surface area contributed by atoms with Crippen LogP contribution >= 0.6 is 23.4 Å². The molecular weight excluding hydrogens is 446 g/mol. The van der Waals surface area contributed by atoms with Crippen LogP contribution < -0.4 is 10.6 Å². The van der Waals surface area contributed by atoms with E-state index in [1.165, 1.54) is 17.8 Å². The van der Waals surface area contributed by atoms with Gasteiger partial charge in [0.1, 0.15) is 0 Å². The van der Waals surface area contributed by atoms with Crippen LogP contribution in [-0.4, -0.2) is 32.3 Å². The molecule has 0 spiro atoms. The molecule has 0 fully saturated rings. The lowest BCUT2D eigenvalue weighted by Gasteiger charge is -2.08. The average molecular weight is 470 g/mol. The number of thioether (sulfide) groups is 1. The fraction of sp³-hybridized carbons (Fsp3) is 0.217. The zero-order valence-corrected chi connectivity index (χ0v) is 19.4. The summed E-state index contributed by atoms with van der Waals surface area (Å²) in [6.45, 7) is 4.80. The minimum Gasteiger partial charge on any atom is -0.345 e. The standard InChI is InChI=1S/C23H24ClN5O2S/c1-3-29-20(14-25-21(30)13-10-17-6-4-5-7-19(17)24)27-28-23(29)32-15-22(31)26-18-11-8-16(2)9-12-18/h4-13H,3,14-15H2,1-2H3,(H,25,30)(H,26,31)/b13-10+. The van der Waals surface area contributed by atoms with Crippen LogP contribution in [0.5, 0.6) is 0 Å². The highest BCUT2D eigenvalue weighted by atomic mass is 35.5. The SMILES string of the molecule is CCn1c(CNC(=O)/C=C/c2ccccc2Cl)nnc1SCC(=O)Nc1ccc(C)cc1. The summed E-state index contributed by atoms with van der Waals surface area (Å²) in [5, 5.41) is 15.2. The lowest BCUT2D eigenvalue weighted by Crippen LogP contribution is -2.22. The molecule has 2 amide bonds. The van der Waals surface area contributed by atoms with Crippen molar-refractivity contribution in [1.82, 2.24) is 20.1 Å². The van der Waals surface area contributed by atoms with Crippen molar-refractivity contribution >= 4 is 46.9 Å². The molecular formula is C23H24ClN5O2S. The number of carbonyl (C=O) groups excluding carboxylic acids is 2. The predicted molar refractivity (Wildman–Crippen MR) is 129 cm³/mol. The van der Waals surface area contributed by atoms with E-state index in [9.17, 15) is 9.59 Å². The van der Waals surface area contributed by atoms with E-state index < -0.39 is 0 Å². The minimum absolute atomic E-state index is 0.121. The number of carbonyl (C=O) groups is 2. The minimum atomic E-state index is -0.262. The molecule has 1 aromatic heterocycles. The van der Waals surface area contributed by atoms with Gasteiger partial charge in [0.05, 0.1) is 12.3 Å². The van der Waals surface area contributed by atoms with Crippen LogP contribution in [0.25, 0.3) is 6.08 Å². The van der Waals surface area contributed by atoms with Crippen molar-refractivity contribution in [2.75, 3.05) is 11.1 Å². The molecule has 0 aliphatic rings. The molecule has 1 heterocycles. The number of nitrogens with zero attached hydrogens (tertiary/aromatic N) is 3. The van der Waals surface area contributed by atoms with Crippen molar-refractivity contribution in [2.45, 2.75) is 32.1 Å². The highest BCUT2D eigenvalue weighted by Gasteiger charge is 2.13. The first-order valence-electron chi connectivity index (χ1n) is 10.1. The quantitative estimate of drug-likeness (QED) is 0.360. The molecule has 0 saturated heterocycles. The molecule has 0 radical (unpaired) electrons. The Labute approximate surface area is 196 Å². The lowest BCUT2D eigenvalue weighted by atomic mass is 10.2. The second-order valence-corrected chi connectivity index (χ2v) is 8.27. The van der Waals surface area contributed by atoms with Gasteiger partial charge in [-0.15, -0.1) is 10.2 Å². The van der Waals surface area contributed by atoms with Gasteiger partial charge in [-0.05, 0) is 43.7 Å². The zero-order chi connectivity index (χ0) is 22.9. The van der Waals surface area contributed by atoms with E-state index in [-0.39, 0.29) is 24.1 Å². The summed E-state index contributed by atoms with van der Waals surface area (Å²) in [4.78, 5) is 24.4. The highest BCUT2D eigenvalue weighted by Crippen LogP contribution is 2.18. The number of aromatic nitrogens is 3. The van der Waals surface area contributed by atoms with E-state index >= 15 is 0 Å². The fourth-order valence-electron chi connectivity index (χ4n) is 2.84. The Kier molecular flexibility index (Phi) is 8.47. The van der Waals surface area contributed by atoms with Crippen molar-refractivity contribution in [3.63, 3.8) is 0 Å². The van der Waals surface area contributed by atoms with E-state index in [4.69, 9.17) is 11.6 Å². The second-order valence-electron chi connectivity index (χ2n) is 6.92. The average Bonchev–Trinajstić information content (AvgIpc) is 3.19. The molecule has 0 aliphatic carbocycles. The molecule has 0 aliphatic heterocycles. The Bertz CT molecular complexity index is 1110. The maximum absolute atomic E-state index is 12.2. The van der Waals surface area contributed by atoms with Gasteiger partial charge in [0.2, 0.25) is 11.8 Å². The molecule has 0 unspecified atom stereocenters. The van der Waals surface area contributed by atoms with Crippen molar-refractivity contribution in [3.8, 4) is 0 Å². The van der Waals surface area contributed by atoms with E-state index in [0.29, 0.717) is 22.5 Å². The maximum Gasteiger partial charge on any atom is 0.244 e. The lowest BCUT2D eigenvalue weighted by molar-refractivity contribution is -0.116. The fourth-order valence-corrected chi connectivity index (χ4v) is 3.86. The number of amides is 2. The molecule has 9 heteroatoms. The Hall–Kier alpha value is -3.10. The molecule has 2 N–H and O–H groups in total. The van der Waals surface area contributed by atoms with Gasteiger partial charge in [0, 0.05) is 23.3 Å². The number of hydrogen-bond donors (Lipinski definition) is 2. The van der Waals surface area contributed by atoms with Crippen molar-refractivity contribution < 1.29 is 9.59 Å². The Balaban J connectivity index is 1.52. The number of aryl methyl sites for hydroxylation is 1. The summed E-state index contributed by atoms with van der Waals surface area (Å²) in [5.41, 5.74) is 2.66. The Morgan fingerprint density at radius 2 is 1.88 bits per heavy atom. The third-order valence-corrected chi connectivity index (χ3v) is 5.83. The van der Waals surface area contributed by atoms with Gasteiger partial charge < -0.3 is 15.2 Å². The van der Waals surface area contributed by atoms with Crippen LogP contribution in [0.3, 0.4) is 0 Å². The maximum atomic E-state index is 12.2. The summed E-state index contributed by atoms with van der Waals surface area (Å²) in [7, 11) is 0. The molecule has 3 aromatic rings. The number of nitrogens with one attached hydrogen (secondary N) is 2. The first-order chi connectivity index (χ1) is 15.5. The van der Waals surface area contributed by atoms with Crippen molar-refractivity contribution in [1.29, 1.82) is 0 Å². The molecule has 0 bridgehead atoms. The van der Waals surface area contributed by atoms with Crippen LogP contribution in [0.1, 0.15) is 23.9 Å². The molecule has 0 atom stereocenters. The van der Waals surface area contributed by atoms with E-state index in [2.05, 4.69) is 20.8 Å². The first-order valence-corrected chi connectivity index (χ1v) is 11.4. The van der Waals surface area contributed by atoms with E-state index in [0.717, 1.165) is 16.8 Å². The summed E-state index contributed by atoms with van der Waals surface area (Å²) < 4.78 is 1.88. The van der Waals surface area contributed by atoms with Crippen LogP contribution in [-0.2, 0) is 22.7 Å². The van der Waals surface area contributed by atoms with Crippen LogP contribution in [0.4, 0.5) is 5.69 Å². The van der Waals surface area contributed by atoms with Gasteiger partial charge in [-0.2, -0.15) is 0 Å². The summed E-state index contributed by atoms with van der Waals surface area (Å²) in [6, 6.07) is 14.9. The first kappa shape index (κ1) is 23.6. The third kappa shape index (κ3) is 6.70. The van der Waals surface area contributed by atoms with Crippen LogP contribution in [0.15, 0.2) is 59.8 Å². The van der Waals surface area contributed by atoms with Gasteiger partial charge in [-0.25, -0.2) is 0 Å². The topological polar surface area (TPSA) is 88.9 Å². The Morgan fingerprint density at radius 1 is 1.12 bits per heavy atom. The van der Waals surface area contributed by atoms with Crippen LogP contribution in [0.2, 0.25) is 5.02 Å². The van der Waals surface area contributed by atoms with Crippen LogP contribution in [0, 0.1) is 6.92 Å². The molecule has 0 saturated carbocycles. The largest absolute Gasteiger partial charge is 0.345 e. The zero-order valence-electron chi connectivity index (χ0n) is 17.8. The van der Waals surface area contributed by atoms with Gasteiger partial charge in [0.25, 0.3) is 0 Å². The summed E-state index contributed by atoms with van der Waals surface area (Å²) in [5.74, 6) is 0.443. The van der Waals surface area contributed by atoms with Gasteiger partial charge in [0.15, 0.2) is 11.0 Å².